The molecule has 0 aromatic heterocycles. The monoisotopic (exact) mass is 289 g/mol. The van der Waals surface area contributed by atoms with Crippen LogP contribution < -0.4 is 0 Å². The number of carbonyl (C=O) groups is 2. The van der Waals surface area contributed by atoms with Gasteiger partial charge in [-0.2, -0.15) is 0 Å². The molecule has 0 saturated carbocycles. The van der Waals surface area contributed by atoms with E-state index in [9.17, 15) is 9.59 Å². The second kappa shape index (κ2) is 6.29. The number of piperidine rings is 1. The van der Waals surface area contributed by atoms with Gasteiger partial charge in [0.05, 0.1) is 6.04 Å². The number of nitrogens with zero attached hydrogens (tertiary/aromatic N) is 1. The van der Waals surface area contributed by atoms with Crippen molar-refractivity contribution in [3.63, 3.8) is 0 Å². The molecular formula is C17H23NO3. The van der Waals surface area contributed by atoms with Gasteiger partial charge in [0.2, 0.25) is 0 Å². The average molecular weight is 289 g/mol. The van der Waals surface area contributed by atoms with Crippen molar-refractivity contribution < 1.29 is 14.3 Å². The summed E-state index contributed by atoms with van der Waals surface area (Å²) >= 11 is 0. The van der Waals surface area contributed by atoms with E-state index in [0.717, 1.165) is 24.7 Å². The Morgan fingerprint density at radius 2 is 1.90 bits per heavy atom. The van der Waals surface area contributed by atoms with Crippen LogP contribution in [-0.2, 0) is 9.53 Å². The fraction of sp³-hybridized carbons (Fsp3) is 0.529. The zero-order valence-corrected chi connectivity index (χ0v) is 12.9. The summed E-state index contributed by atoms with van der Waals surface area (Å²) in [5, 5.41) is 0. The van der Waals surface area contributed by atoms with Crippen molar-refractivity contribution in [1.29, 1.82) is 0 Å². The Balaban J connectivity index is 2.21. The van der Waals surface area contributed by atoms with Crippen molar-refractivity contribution in [3.05, 3.63) is 35.9 Å². The lowest BCUT2D eigenvalue weighted by Gasteiger charge is -2.39. The maximum Gasteiger partial charge on any atom is 0.410 e. The van der Waals surface area contributed by atoms with Crippen LogP contribution in [0.5, 0.6) is 0 Å². The highest BCUT2D eigenvalue weighted by Gasteiger charge is 2.34. The van der Waals surface area contributed by atoms with Crippen LogP contribution >= 0.6 is 0 Å². The lowest BCUT2D eigenvalue weighted by molar-refractivity contribution is -0.113. The van der Waals surface area contributed by atoms with E-state index in [-0.39, 0.29) is 18.1 Å². The number of hydrogen-bond acceptors (Lipinski definition) is 3. The molecule has 1 aromatic rings. The lowest BCUT2D eigenvalue weighted by Crippen LogP contribution is -2.45. The summed E-state index contributed by atoms with van der Waals surface area (Å²) in [5.74, 6) is -0.0996. The number of amides is 1. The van der Waals surface area contributed by atoms with Gasteiger partial charge >= 0.3 is 6.09 Å². The highest BCUT2D eigenvalue weighted by atomic mass is 16.6. The molecule has 0 bridgehead atoms. The normalized spacial score (nSPS) is 22.7. The Kier molecular flexibility index (Phi) is 4.66. The van der Waals surface area contributed by atoms with E-state index in [0.29, 0.717) is 6.54 Å². The summed E-state index contributed by atoms with van der Waals surface area (Å²) in [4.78, 5) is 25.2. The van der Waals surface area contributed by atoms with Gasteiger partial charge in [-0.05, 0) is 39.2 Å². The summed E-state index contributed by atoms with van der Waals surface area (Å²) < 4.78 is 5.49. The summed E-state index contributed by atoms with van der Waals surface area (Å²) in [5.41, 5.74) is 0.555. The number of rotatable bonds is 2. The Hall–Kier alpha value is -1.84. The first-order valence-electron chi connectivity index (χ1n) is 7.40. The molecule has 0 spiro atoms. The van der Waals surface area contributed by atoms with Gasteiger partial charge in [-0.25, -0.2) is 4.79 Å². The second-order valence-electron chi connectivity index (χ2n) is 6.53. The zero-order chi connectivity index (χ0) is 15.5. The third kappa shape index (κ3) is 4.06. The molecule has 1 fully saturated rings. The van der Waals surface area contributed by atoms with Crippen LogP contribution in [0.4, 0.5) is 4.79 Å². The largest absolute Gasteiger partial charge is 0.444 e. The summed E-state index contributed by atoms with van der Waals surface area (Å²) in [7, 11) is 0. The molecule has 0 unspecified atom stereocenters. The minimum Gasteiger partial charge on any atom is -0.444 e. The van der Waals surface area contributed by atoms with Crippen molar-refractivity contribution in [2.24, 2.45) is 5.92 Å². The first kappa shape index (κ1) is 15.5. The number of benzene rings is 1. The molecule has 1 heterocycles. The van der Waals surface area contributed by atoms with Gasteiger partial charge in [-0.3, -0.25) is 0 Å². The van der Waals surface area contributed by atoms with Gasteiger partial charge in [0.1, 0.15) is 11.9 Å². The average Bonchev–Trinajstić information content (AvgIpc) is 2.45. The SMILES string of the molecule is CC(C)(C)OC(=O)N1C[C@@H](C=O)CC[C@H]1c1ccccc1. The van der Waals surface area contributed by atoms with E-state index in [1.54, 1.807) is 4.90 Å². The molecule has 114 valence electrons. The summed E-state index contributed by atoms with van der Waals surface area (Å²) in [6, 6.07) is 9.91. The lowest BCUT2D eigenvalue weighted by atomic mass is 9.90. The first-order chi connectivity index (χ1) is 9.90. The molecule has 0 N–H and O–H groups in total. The standard InChI is InChI=1S/C17H23NO3/c1-17(2,3)21-16(20)18-11-13(12-19)9-10-15(18)14-7-5-4-6-8-14/h4-8,12-13,15H,9-11H2,1-3H3/t13-,15-/m0/s1. The summed E-state index contributed by atoms with van der Waals surface area (Å²) in [6.45, 7) is 5.98. The minimum absolute atomic E-state index is 0.0164. The Bertz CT molecular complexity index is 493. The van der Waals surface area contributed by atoms with Crippen LogP contribution in [0.3, 0.4) is 0 Å². The van der Waals surface area contributed by atoms with Gasteiger partial charge in [0.15, 0.2) is 0 Å². The molecule has 1 aliphatic heterocycles. The molecule has 0 radical (unpaired) electrons. The molecule has 4 nitrogen and oxygen atoms in total. The van der Waals surface area contributed by atoms with Crippen LogP contribution in [0, 0.1) is 5.92 Å². The van der Waals surface area contributed by atoms with E-state index in [1.807, 2.05) is 51.1 Å². The van der Waals surface area contributed by atoms with Crippen LogP contribution in [0.2, 0.25) is 0 Å². The topological polar surface area (TPSA) is 46.6 Å². The van der Waals surface area contributed by atoms with Gasteiger partial charge < -0.3 is 14.4 Å². The molecule has 2 atom stereocenters. The number of hydrogen-bond donors (Lipinski definition) is 0. The van der Waals surface area contributed by atoms with Crippen LogP contribution in [-0.4, -0.2) is 29.4 Å². The van der Waals surface area contributed by atoms with Crippen molar-refractivity contribution >= 4 is 12.4 Å². The predicted molar refractivity (Wildman–Crippen MR) is 80.9 cm³/mol. The number of carbonyl (C=O) groups excluding carboxylic acids is 2. The van der Waals surface area contributed by atoms with Crippen molar-refractivity contribution in [1.82, 2.24) is 4.90 Å². The van der Waals surface area contributed by atoms with Crippen molar-refractivity contribution in [2.75, 3.05) is 6.54 Å². The molecule has 1 amide bonds. The highest BCUT2D eigenvalue weighted by molar-refractivity contribution is 5.70. The first-order valence-corrected chi connectivity index (χ1v) is 7.40. The molecule has 2 rings (SSSR count). The van der Waals surface area contributed by atoms with Gasteiger partial charge in [0, 0.05) is 12.5 Å². The molecule has 0 aliphatic carbocycles. The second-order valence-corrected chi connectivity index (χ2v) is 6.53. The number of aldehydes is 1. The van der Waals surface area contributed by atoms with Crippen LogP contribution in [0.15, 0.2) is 30.3 Å². The van der Waals surface area contributed by atoms with E-state index in [1.165, 1.54) is 0 Å². The van der Waals surface area contributed by atoms with Crippen LogP contribution in [0.25, 0.3) is 0 Å². The number of likely N-dealkylation sites (tertiary alicyclic amines) is 1. The van der Waals surface area contributed by atoms with Crippen LogP contribution in [0.1, 0.15) is 45.2 Å². The minimum atomic E-state index is -0.535. The Morgan fingerprint density at radius 1 is 1.24 bits per heavy atom. The van der Waals surface area contributed by atoms with E-state index < -0.39 is 5.60 Å². The van der Waals surface area contributed by atoms with E-state index in [2.05, 4.69) is 0 Å². The highest BCUT2D eigenvalue weighted by Crippen LogP contribution is 2.33. The fourth-order valence-electron chi connectivity index (χ4n) is 2.65. The maximum atomic E-state index is 12.4. The third-order valence-corrected chi connectivity index (χ3v) is 3.62. The smallest absolute Gasteiger partial charge is 0.410 e. The fourth-order valence-corrected chi connectivity index (χ4v) is 2.65. The quantitative estimate of drug-likeness (QED) is 0.782. The predicted octanol–water partition coefficient (Wildman–Crippen LogP) is 3.57. The van der Waals surface area contributed by atoms with Crippen molar-refractivity contribution in [2.45, 2.75) is 45.3 Å². The Morgan fingerprint density at radius 3 is 2.48 bits per heavy atom. The third-order valence-electron chi connectivity index (χ3n) is 3.62. The molecule has 21 heavy (non-hydrogen) atoms. The molecule has 4 heteroatoms. The van der Waals surface area contributed by atoms with E-state index in [4.69, 9.17) is 4.74 Å². The zero-order valence-electron chi connectivity index (χ0n) is 12.9. The summed E-state index contributed by atoms with van der Waals surface area (Å²) in [6.07, 6.45) is 2.19. The molecule has 1 saturated heterocycles. The molecular weight excluding hydrogens is 266 g/mol. The number of ether oxygens (including phenoxy) is 1. The van der Waals surface area contributed by atoms with Crippen molar-refractivity contribution in [3.8, 4) is 0 Å². The maximum absolute atomic E-state index is 12.4. The molecule has 1 aromatic carbocycles. The van der Waals surface area contributed by atoms with E-state index >= 15 is 0 Å². The Labute approximate surface area is 126 Å². The molecule has 1 aliphatic rings. The van der Waals surface area contributed by atoms with Gasteiger partial charge in [-0.15, -0.1) is 0 Å². The van der Waals surface area contributed by atoms with Gasteiger partial charge in [0.25, 0.3) is 0 Å². The van der Waals surface area contributed by atoms with Gasteiger partial charge in [-0.1, -0.05) is 30.3 Å².